The van der Waals surface area contributed by atoms with E-state index in [2.05, 4.69) is 25.6 Å². The van der Waals surface area contributed by atoms with Crippen molar-refractivity contribution in [3.8, 4) is 0 Å². The summed E-state index contributed by atoms with van der Waals surface area (Å²) in [4.78, 5) is 24.7. The smallest absolute Gasteiger partial charge is 0.275 e. The zero-order chi connectivity index (χ0) is 17.6. The lowest BCUT2D eigenvalue weighted by molar-refractivity contribution is 0.102. The van der Waals surface area contributed by atoms with Crippen LogP contribution in [-0.4, -0.2) is 20.9 Å². The molecule has 0 saturated carbocycles. The Morgan fingerprint density at radius 1 is 1.04 bits per heavy atom. The van der Waals surface area contributed by atoms with Gasteiger partial charge in [-0.2, -0.15) is 0 Å². The molecule has 0 atom stereocenters. The van der Waals surface area contributed by atoms with E-state index < -0.39 is 5.91 Å². The monoisotopic (exact) mass is 373 g/mol. The van der Waals surface area contributed by atoms with E-state index >= 15 is 0 Å². The van der Waals surface area contributed by atoms with Crippen LogP contribution in [0.15, 0.2) is 55.0 Å². The van der Waals surface area contributed by atoms with Gasteiger partial charge >= 0.3 is 0 Å². The Bertz CT molecular complexity index is 872. The molecule has 0 fully saturated rings. The predicted molar refractivity (Wildman–Crippen MR) is 98.0 cm³/mol. The summed E-state index contributed by atoms with van der Waals surface area (Å²) in [6, 6.07) is 10.5. The standard InChI is InChI=1S/C17H13Cl2N5O/c18-11-4-5-14(13(19)7-11)24-17(25)15-9-23-16(10-21-15)22-8-12-3-1-2-6-20-12/h1-7,9-10H,8H2,(H,22,23)(H,24,25). The van der Waals surface area contributed by atoms with Crippen molar-refractivity contribution in [1.29, 1.82) is 0 Å². The number of hydrogen-bond acceptors (Lipinski definition) is 5. The van der Waals surface area contributed by atoms with Crippen LogP contribution in [0.5, 0.6) is 0 Å². The first kappa shape index (κ1) is 17.1. The van der Waals surface area contributed by atoms with E-state index in [1.165, 1.54) is 12.4 Å². The highest BCUT2D eigenvalue weighted by Gasteiger charge is 2.11. The normalized spacial score (nSPS) is 10.3. The predicted octanol–water partition coefficient (Wildman–Crippen LogP) is 4.04. The van der Waals surface area contributed by atoms with E-state index in [-0.39, 0.29) is 5.69 Å². The maximum absolute atomic E-state index is 12.2. The van der Waals surface area contributed by atoms with Gasteiger partial charge < -0.3 is 10.6 Å². The first-order valence-corrected chi connectivity index (χ1v) is 8.09. The fraction of sp³-hybridized carbons (Fsp3) is 0.0588. The highest BCUT2D eigenvalue weighted by molar-refractivity contribution is 6.36. The Balaban J connectivity index is 1.62. The molecule has 25 heavy (non-hydrogen) atoms. The Morgan fingerprint density at radius 3 is 2.60 bits per heavy atom. The average molecular weight is 374 g/mol. The Labute approximate surface area is 154 Å². The van der Waals surface area contributed by atoms with Crippen molar-refractivity contribution in [2.24, 2.45) is 0 Å². The van der Waals surface area contributed by atoms with E-state index in [9.17, 15) is 4.79 Å². The second-order valence-electron chi connectivity index (χ2n) is 5.04. The zero-order valence-electron chi connectivity index (χ0n) is 12.9. The molecule has 6 nitrogen and oxygen atoms in total. The number of amides is 1. The molecule has 2 aromatic heterocycles. The van der Waals surface area contributed by atoms with Crippen LogP contribution in [0.25, 0.3) is 0 Å². The molecule has 2 N–H and O–H groups in total. The van der Waals surface area contributed by atoms with Crippen LogP contribution in [-0.2, 0) is 6.54 Å². The van der Waals surface area contributed by atoms with Crippen LogP contribution in [0.4, 0.5) is 11.5 Å². The van der Waals surface area contributed by atoms with Crippen molar-refractivity contribution >= 4 is 40.6 Å². The van der Waals surface area contributed by atoms with E-state index in [0.29, 0.717) is 28.1 Å². The summed E-state index contributed by atoms with van der Waals surface area (Å²) in [6.07, 6.45) is 4.60. The Kier molecular flexibility index (Phi) is 5.42. The average Bonchev–Trinajstić information content (AvgIpc) is 2.63. The molecule has 0 aliphatic rings. The van der Waals surface area contributed by atoms with Crippen molar-refractivity contribution in [2.45, 2.75) is 6.54 Å². The van der Waals surface area contributed by atoms with Gasteiger partial charge in [-0.05, 0) is 30.3 Å². The number of rotatable bonds is 5. The summed E-state index contributed by atoms with van der Waals surface area (Å²) in [6.45, 7) is 0.515. The van der Waals surface area contributed by atoms with Crippen LogP contribution in [0.3, 0.4) is 0 Å². The summed E-state index contributed by atoms with van der Waals surface area (Å²) in [5.41, 5.74) is 1.51. The van der Waals surface area contributed by atoms with Crippen LogP contribution in [0.2, 0.25) is 10.0 Å². The number of nitrogens with one attached hydrogen (secondary N) is 2. The summed E-state index contributed by atoms with van der Waals surface area (Å²) in [5, 5.41) is 6.60. The Morgan fingerprint density at radius 2 is 1.92 bits per heavy atom. The third-order valence-electron chi connectivity index (χ3n) is 3.24. The molecule has 0 aliphatic heterocycles. The van der Waals surface area contributed by atoms with Crippen molar-refractivity contribution in [3.63, 3.8) is 0 Å². The molecule has 0 spiro atoms. The summed E-state index contributed by atoms with van der Waals surface area (Å²) >= 11 is 11.9. The molecule has 0 unspecified atom stereocenters. The molecule has 0 saturated heterocycles. The van der Waals surface area contributed by atoms with Gasteiger partial charge in [0, 0.05) is 11.2 Å². The minimum atomic E-state index is -0.409. The molecule has 3 rings (SSSR count). The number of halogens is 2. The quantitative estimate of drug-likeness (QED) is 0.705. The van der Waals surface area contributed by atoms with Crippen LogP contribution in [0, 0.1) is 0 Å². The SMILES string of the molecule is O=C(Nc1ccc(Cl)cc1Cl)c1cnc(NCc2ccccn2)cn1. The molecule has 3 aromatic rings. The minimum absolute atomic E-state index is 0.175. The maximum Gasteiger partial charge on any atom is 0.275 e. The van der Waals surface area contributed by atoms with Gasteiger partial charge in [0.05, 0.1) is 35.3 Å². The van der Waals surface area contributed by atoms with Gasteiger partial charge in [0.1, 0.15) is 11.5 Å². The molecule has 2 heterocycles. The second kappa shape index (κ2) is 7.92. The molecule has 126 valence electrons. The van der Waals surface area contributed by atoms with E-state index in [1.54, 1.807) is 24.4 Å². The maximum atomic E-state index is 12.2. The highest BCUT2D eigenvalue weighted by Crippen LogP contribution is 2.25. The first-order valence-electron chi connectivity index (χ1n) is 7.34. The lowest BCUT2D eigenvalue weighted by Gasteiger charge is -2.08. The van der Waals surface area contributed by atoms with Gasteiger partial charge in [-0.3, -0.25) is 9.78 Å². The highest BCUT2D eigenvalue weighted by atomic mass is 35.5. The fourth-order valence-electron chi connectivity index (χ4n) is 2.00. The van der Waals surface area contributed by atoms with Gasteiger partial charge in [-0.15, -0.1) is 0 Å². The van der Waals surface area contributed by atoms with Crippen molar-refractivity contribution in [1.82, 2.24) is 15.0 Å². The fourth-order valence-corrected chi connectivity index (χ4v) is 2.45. The number of nitrogens with zero attached hydrogens (tertiary/aromatic N) is 3. The number of hydrogen-bond donors (Lipinski definition) is 2. The molecule has 0 radical (unpaired) electrons. The summed E-state index contributed by atoms with van der Waals surface area (Å²) in [5.74, 6) is 0.139. The molecular formula is C17H13Cl2N5O. The number of pyridine rings is 1. The third kappa shape index (κ3) is 4.65. The van der Waals surface area contributed by atoms with Gasteiger partial charge in [0.2, 0.25) is 0 Å². The van der Waals surface area contributed by atoms with Crippen LogP contribution >= 0.6 is 23.2 Å². The van der Waals surface area contributed by atoms with Crippen molar-refractivity contribution in [3.05, 3.63) is 76.4 Å². The van der Waals surface area contributed by atoms with Gasteiger partial charge in [0.15, 0.2) is 0 Å². The van der Waals surface area contributed by atoms with E-state index in [4.69, 9.17) is 23.2 Å². The largest absolute Gasteiger partial charge is 0.363 e. The summed E-state index contributed by atoms with van der Waals surface area (Å²) < 4.78 is 0. The number of carbonyl (C=O) groups excluding carboxylic acids is 1. The zero-order valence-corrected chi connectivity index (χ0v) is 14.4. The van der Waals surface area contributed by atoms with Crippen molar-refractivity contribution in [2.75, 3.05) is 10.6 Å². The number of anilines is 2. The molecule has 0 bridgehead atoms. The first-order chi connectivity index (χ1) is 12.1. The topological polar surface area (TPSA) is 79.8 Å². The lowest BCUT2D eigenvalue weighted by Crippen LogP contribution is -2.15. The van der Waals surface area contributed by atoms with Crippen LogP contribution in [0.1, 0.15) is 16.2 Å². The number of benzene rings is 1. The van der Waals surface area contributed by atoms with Gasteiger partial charge in [0.25, 0.3) is 5.91 Å². The van der Waals surface area contributed by atoms with Crippen LogP contribution < -0.4 is 10.6 Å². The second-order valence-corrected chi connectivity index (χ2v) is 5.88. The van der Waals surface area contributed by atoms with Gasteiger partial charge in [-0.1, -0.05) is 29.3 Å². The van der Waals surface area contributed by atoms with E-state index in [1.807, 2.05) is 18.2 Å². The van der Waals surface area contributed by atoms with E-state index in [0.717, 1.165) is 5.69 Å². The van der Waals surface area contributed by atoms with Gasteiger partial charge in [-0.25, -0.2) is 9.97 Å². The van der Waals surface area contributed by atoms with Crippen molar-refractivity contribution < 1.29 is 4.79 Å². The summed E-state index contributed by atoms with van der Waals surface area (Å²) in [7, 11) is 0. The molecular weight excluding hydrogens is 361 g/mol. The molecule has 0 aliphatic carbocycles. The third-order valence-corrected chi connectivity index (χ3v) is 3.79. The molecule has 1 amide bonds. The molecule has 8 heteroatoms. The Hall–Kier alpha value is -2.70. The number of carbonyl (C=O) groups is 1. The lowest BCUT2D eigenvalue weighted by atomic mass is 10.3. The molecule has 1 aromatic carbocycles. The minimum Gasteiger partial charge on any atom is -0.363 e. The number of aromatic nitrogens is 3.